The molecule has 0 spiro atoms. The Labute approximate surface area is 156 Å². The van der Waals surface area contributed by atoms with Crippen molar-refractivity contribution in [2.75, 3.05) is 6.61 Å². The van der Waals surface area contributed by atoms with E-state index in [1.165, 1.54) is 12.1 Å². The lowest BCUT2D eigenvalue weighted by molar-refractivity contribution is -0.123. The number of rotatable bonds is 5. The predicted molar refractivity (Wildman–Crippen MR) is 98.8 cm³/mol. The smallest absolute Gasteiger partial charge is 0.277 e. The number of carbonyl (C=O) groups is 1. The summed E-state index contributed by atoms with van der Waals surface area (Å²) in [5.74, 6) is -0.163. The van der Waals surface area contributed by atoms with Gasteiger partial charge in [-0.3, -0.25) is 4.79 Å². The maximum absolute atomic E-state index is 12.9. The highest BCUT2D eigenvalue weighted by atomic mass is 79.9. The van der Waals surface area contributed by atoms with E-state index in [4.69, 9.17) is 4.74 Å². The molecule has 4 nitrogen and oxygen atoms in total. The number of amides is 1. The molecule has 0 aliphatic rings. The number of carbonyl (C=O) groups excluding carboxylic acids is 1. The van der Waals surface area contributed by atoms with Crippen LogP contribution in [-0.2, 0) is 4.79 Å². The van der Waals surface area contributed by atoms with Crippen LogP contribution in [0.15, 0.2) is 50.4 Å². The van der Waals surface area contributed by atoms with E-state index in [1.54, 1.807) is 19.1 Å². The molecule has 0 aliphatic carbocycles. The second-order valence-electron chi connectivity index (χ2n) is 5.09. The van der Waals surface area contributed by atoms with Crippen LogP contribution in [0.2, 0.25) is 0 Å². The molecule has 0 saturated carbocycles. The zero-order chi connectivity index (χ0) is 17.7. The lowest BCUT2D eigenvalue weighted by Gasteiger charge is -2.10. The number of ether oxygens (including phenoxy) is 1. The molecular formula is C17H15Br2FN2O2. The molecule has 0 aliphatic heterocycles. The van der Waals surface area contributed by atoms with Gasteiger partial charge in [0.2, 0.25) is 0 Å². The average molecular weight is 458 g/mol. The van der Waals surface area contributed by atoms with Gasteiger partial charge < -0.3 is 4.74 Å². The Morgan fingerprint density at radius 2 is 1.79 bits per heavy atom. The first-order chi connectivity index (χ1) is 11.4. The molecule has 0 bridgehead atoms. The minimum Gasteiger partial charge on any atom is -0.481 e. The number of aryl methyl sites for hydroxylation is 1. The van der Waals surface area contributed by atoms with Gasteiger partial charge in [-0.2, -0.15) is 5.10 Å². The standard InChI is InChI=1S/C17H15Br2FN2O2/c1-10-7-14(18)17(15(19)8-10)24-9-16(23)22-21-11(2)12-3-5-13(20)6-4-12/h3-8H,9H2,1-2H3,(H,22,23). The second-order valence-corrected chi connectivity index (χ2v) is 6.79. The van der Waals surface area contributed by atoms with Gasteiger partial charge in [-0.25, -0.2) is 9.82 Å². The molecule has 0 saturated heterocycles. The molecule has 2 rings (SSSR count). The quantitative estimate of drug-likeness (QED) is 0.527. The maximum atomic E-state index is 12.9. The van der Waals surface area contributed by atoms with Gasteiger partial charge in [0.25, 0.3) is 5.91 Å². The first kappa shape index (κ1) is 18.6. The third-order valence-electron chi connectivity index (χ3n) is 3.10. The largest absolute Gasteiger partial charge is 0.481 e. The summed E-state index contributed by atoms with van der Waals surface area (Å²) >= 11 is 6.80. The fourth-order valence-electron chi connectivity index (χ4n) is 1.90. The van der Waals surface area contributed by atoms with Crippen molar-refractivity contribution in [1.82, 2.24) is 5.43 Å². The van der Waals surface area contributed by atoms with E-state index in [-0.39, 0.29) is 12.4 Å². The highest BCUT2D eigenvalue weighted by molar-refractivity contribution is 9.11. The monoisotopic (exact) mass is 456 g/mol. The molecular weight excluding hydrogens is 443 g/mol. The zero-order valence-electron chi connectivity index (χ0n) is 13.1. The van der Waals surface area contributed by atoms with E-state index in [1.807, 2.05) is 19.1 Å². The summed E-state index contributed by atoms with van der Waals surface area (Å²) in [4.78, 5) is 11.9. The highest BCUT2D eigenvalue weighted by Gasteiger charge is 2.10. The van der Waals surface area contributed by atoms with Crippen LogP contribution in [-0.4, -0.2) is 18.2 Å². The predicted octanol–water partition coefficient (Wildman–Crippen LogP) is 4.58. The van der Waals surface area contributed by atoms with Crippen molar-refractivity contribution in [3.63, 3.8) is 0 Å². The number of hydrogen-bond acceptors (Lipinski definition) is 3. The van der Waals surface area contributed by atoms with E-state index in [0.29, 0.717) is 11.5 Å². The highest BCUT2D eigenvalue weighted by Crippen LogP contribution is 2.34. The molecule has 0 fully saturated rings. The molecule has 24 heavy (non-hydrogen) atoms. The van der Waals surface area contributed by atoms with Crippen LogP contribution in [0.4, 0.5) is 4.39 Å². The molecule has 0 heterocycles. The molecule has 0 radical (unpaired) electrons. The van der Waals surface area contributed by atoms with E-state index in [2.05, 4.69) is 42.4 Å². The maximum Gasteiger partial charge on any atom is 0.277 e. The molecule has 2 aromatic rings. The number of nitrogens with zero attached hydrogens (tertiary/aromatic N) is 1. The minimum absolute atomic E-state index is 0.180. The Hall–Kier alpha value is -1.73. The molecule has 0 aromatic heterocycles. The zero-order valence-corrected chi connectivity index (χ0v) is 16.2. The third-order valence-corrected chi connectivity index (χ3v) is 4.28. The summed E-state index contributed by atoms with van der Waals surface area (Å²) in [6.07, 6.45) is 0. The number of hydrogen-bond donors (Lipinski definition) is 1. The Kier molecular flexibility index (Phi) is 6.51. The van der Waals surface area contributed by atoms with Crippen molar-refractivity contribution in [2.24, 2.45) is 5.10 Å². The van der Waals surface area contributed by atoms with Crippen LogP contribution < -0.4 is 10.2 Å². The first-order valence-electron chi connectivity index (χ1n) is 7.04. The topological polar surface area (TPSA) is 50.7 Å². The fourth-order valence-corrected chi connectivity index (χ4v) is 3.54. The summed E-state index contributed by atoms with van der Waals surface area (Å²) in [6, 6.07) is 9.66. The summed E-state index contributed by atoms with van der Waals surface area (Å²) in [5, 5.41) is 3.99. The molecule has 0 unspecified atom stereocenters. The Balaban J connectivity index is 1.94. The summed E-state index contributed by atoms with van der Waals surface area (Å²) in [5.41, 5.74) is 4.77. The van der Waals surface area contributed by atoms with Gasteiger partial charge in [-0.05, 0) is 81.1 Å². The Bertz CT molecular complexity index is 754. The number of halogens is 3. The summed E-state index contributed by atoms with van der Waals surface area (Å²) < 4.78 is 19.9. The van der Waals surface area contributed by atoms with Crippen molar-refractivity contribution < 1.29 is 13.9 Å². The first-order valence-corrected chi connectivity index (χ1v) is 8.63. The average Bonchev–Trinajstić information content (AvgIpc) is 2.52. The number of benzene rings is 2. The fraction of sp³-hybridized carbons (Fsp3) is 0.176. The van der Waals surface area contributed by atoms with Crippen LogP contribution in [0.5, 0.6) is 5.75 Å². The molecule has 0 atom stereocenters. The van der Waals surface area contributed by atoms with E-state index < -0.39 is 5.91 Å². The van der Waals surface area contributed by atoms with Crippen molar-refractivity contribution in [3.05, 3.63) is 62.3 Å². The van der Waals surface area contributed by atoms with Gasteiger partial charge >= 0.3 is 0 Å². The van der Waals surface area contributed by atoms with Gasteiger partial charge in [0.05, 0.1) is 14.7 Å². The van der Waals surface area contributed by atoms with E-state index in [0.717, 1.165) is 20.1 Å². The van der Waals surface area contributed by atoms with Gasteiger partial charge in [-0.15, -0.1) is 0 Å². The number of hydrazone groups is 1. The van der Waals surface area contributed by atoms with Crippen LogP contribution in [0.1, 0.15) is 18.1 Å². The lowest BCUT2D eigenvalue weighted by atomic mass is 10.1. The molecule has 2 aromatic carbocycles. The van der Waals surface area contributed by atoms with Crippen molar-refractivity contribution >= 4 is 43.5 Å². The SMILES string of the molecule is CC(=NNC(=O)COc1c(Br)cc(C)cc1Br)c1ccc(F)cc1. The lowest BCUT2D eigenvalue weighted by Crippen LogP contribution is -2.25. The molecule has 126 valence electrons. The van der Waals surface area contributed by atoms with Gasteiger partial charge in [0.1, 0.15) is 11.6 Å². The van der Waals surface area contributed by atoms with E-state index >= 15 is 0 Å². The Morgan fingerprint density at radius 1 is 1.21 bits per heavy atom. The molecule has 1 amide bonds. The van der Waals surface area contributed by atoms with Gasteiger partial charge in [-0.1, -0.05) is 12.1 Å². The van der Waals surface area contributed by atoms with Crippen molar-refractivity contribution in [2.45, 2.75) is 13.8 Å². The van der Waals surface area contributed by atoms with E-state index in [9.17, 15) is 9.18 Å². The normalized spacial score (nSPS) is 11.3. The van der Waals surface area contributed by atoms with Gasteiger partial charge in [0.15, 0.2) is 6.61 Å². The second kappa shape index (κ2) is 8.39. The molecule has 1 N–H and O–H groups in total. The van der Waals surface area contributed by atoms with Crippen LogP contribution in [0.3, 0.4) is 0 Å². The van der Waals surface area contributed by atoms with Crippen molar-refractivity contribution in [1.29, 1.82) is 0 Å². The molecule has 7 heteroatoms. The third kappa shape index (κ3) is 5.14. The summed E-state index contributed by atoms with van der Waals surface area (Å²) in [7, 11) is 0. The van der Waals surface area contributed by atoms with Gasteiger partial charge in [0, 0.05) is 0 Å². The van der Waals surface area contributed by atoms with Crippen LogP contribution >= 0.6 is 31.9 Å². The van der Waals surface area contributed by atoms with Crippen LogP contribution in [0, 0.1) is 12.7 Å². The minimum atomic E-state index is -0.393. The summed E-state index contributed by atoms with van der Waals surface area (Å²) in [6.45, 7) is 3.50. The van der Waals surface area contributed by atoms with Crippen molar-refractivity contribution in [3.8, 4) is 5.75 Å². The Morgan fingerprint density at radius 3 is 2.38 bits per heavy atom. The number of nitrogens with one attached hydrogen (secondary N) is 1. The van der Waals surface area contributed by atoms with Crippen LogP contribution in [0.25, 0.3) is 0 Å².